The first-order valence-electron chi connectivity index (χ1n) is 4.66. The molecule has 0 fully saturated rings. The van der Waals surface area contributed by atoms with Crippen molar-refractivity contribution in [3.8, 4) is 11.8 Å². The molecule has 0 saturated carbocycles. The third kappa shape index (κ3) is 2.93. The first-order valence-corrected chi connectivity index (χ1v) is 4.66. The molecule has 1 aromatic carbocycles. The van der Waals surface area contributed by atoms with E-state index in [4.69, 9.17) is 15.7 Å². The molecule has 0 aliphatic heterocycles. The third-order valence-electron chi connectivity index (χ3n) is 1.97. The standard InChI is InChI=1S/C11H13FN2O/c1-7(6-13)15-11-4-3-9(8(2)14)5-10(11)12/h3-5,7-8H,14H2,1-2H3. The maximum Gasteiger partial charge on any atom is 0.181 e. The first-order chi connectivity index (χ1) is 7.04. The van der Waals surface area contributed by atoms with Crippen LogP contribution in [0, 0.1) is 17.1 Å². The van der Waals surface area contributed by atoms with Gasteiger partial charge in [0.25, 0.3) is 0 Å². The minimum absolute atomic E-state index is 0.0773. The molecule has 15 heavy (non-hydrogen) atoms. The summed E-state index contributed by atoms with van der Waals surface area (Å²) >= 11 is 0. The van der Waals surface area contributed by atoms with Crippen molar-refractivity contribution in [2.75, 3.05) is 0 Å². The summed E-state index contributed by atoms with van der Waals surface area (Å²) in [6, 6.07) is 6.14. The van der Waals surface area contributed by atoms with Crippen molar-refractivity contribution in [1.82, 2.24) is 0 Å². The molecule has 1 rings (SSSR count). The third-order valence-corrected chi connectivity index (χ3v) is 1.97. The Morgan fingerprint density at radius 2 is 2.13 bits per heavy atom. The average molecular weight is 208 g/mol. The molecule has 0 amide bonds. The summed E-state index contributed by atoms with van der Waals surface area (Å²) in [5, 5.41) is 8.51. The van der Waals surface area contributed by atoms with Crippen molar-refractivity contribution in [3.63, 3.8) is 0 Å². The van der Waals surface area contributed by atoms with E-state index in [1.165, 1.54) is 12.1 Å². The summed E-state index contributed by atoms with van der Waals surface area (Å²) in [7, 11) is 0. The molecule has 80 valence electrons. The maximum absolute atomic E-state index is 13.4. The fraction of sp³-hybridized carbons (Fsp3) is 0.364. The van der Waals surface area contributed by atoms with Crippen LogP contribution in [0.25, 0.3) is 0 Å². The zero-order valence-electron chi connectivity index (χ0n) is 8.70. The van der Waals surface area contributed by atoms with Gasteiger partial charge in [0, 0.05) is 6.04 Å². The number of nitriles is 1. The average Bonchev–Trinajstić information content (AvgIpc) is 2.20. The van der Waals surface area contributed by atoms with Crippen molar-refractivity contribution in [2.45, 2.75) is 26.0 Å². The molecular weight excluding hydrogens is 195 g/mol. The quantitative estimate of drug-likeness (QED) is 0.827. The summed E-state index contributed by atoms with van der Waals surface area (Å²) in [5.74, 6) is -0.416. The van der Waals surface area contributed by atoms with E-state index in [1.54, 1.807) is 19.9 Å². The molecule has 0 bridgehead atoms. The largest absolute Gasteiger partial charge is 0.473 e. The second-order valence-corrected chi connectivity index (χ2v) is 3.37. The van der Waals surface area contributed by atoms with E-state index in [1.807, 2.05) is 6.07 Å². The van der Waals surface area contributed by atoms with Crippen LogP contribution in [0.4, 0.5) is 4.39 Å². The summed E-state index contributed by atoms with van der Waals surface area (Å²) < 4.78 is 18.5. The Morgan fingerprint density at radius 1 is 1.47 bits per heavy atom. The summed E-state index contributed by atoms with van der Waals surface area (Å²) in [6.45, 7) is 3.33. The highest BCUT2D eigenvalue weighted by atomic mass is 19.1. The Hall–Kier alpha value is -1.60. The summed E-state index contributed by atoms with van der Waals surface area (Å²) in [5.41, 5.74) is 6.30. The number of ether oxygens (including phenoxy) is 1. The molecule has 0 aliphatic rings. The highest BCUT2D eigenvalue weighted by Crippen LogP contribution is 2.21. The first kappa shape index (κ1) is 11.5. The molecule has 2 unspecified atom stereocenters. The number of benzene rings is 1. The number of rotatable bonds is 3. The molecule has 0 heterocycles. The fourth-order valence-corrected chi connectivity index (χ4v) is 1.11. The van der Waals surface area contributed by atoms with Crippen LogP contribution in [0.5, 0.6) is 5.75 Å². The van der Waals surface area contributed by atoms with Crippen molar-refractivity contribution >= 4 is 0 Å². The van der Waals surface area contributed by atoms with Crippen LogP contribution < -0.4 is 10.5 Å². The van der Waals surface area contributed by atoms with Crippen LogP contribution in [-0.4, -0.2) is 6.10 Å². The Labute approximate surface area is 88.3 Å². The molecular formula is C11H13FN2O. The molecule has 0 spiro atoms. The lowest BCUT2D eigenvalue weighted by molar-refractivity contribution is 0.263. The number of halogens is 1. The zero-order valence-corrected chi connectivity index (χ0v) is 8.70. The van der Waals surface area contributed by atoms with Gasteiger partial charge in [0.15, 0.2) is 17.7 Å². The van der Waals surface area contributed by atoms with E-state index in [0.29, 0.717) is 5.56 Å². The van der Waals surface area contributed by atoms with E-state index in [0.717, 1.165) is 0 Å². The van der Waals surface area contributed by atoms with E-state index in [9.17, 15) is 4.39 Å². The van der Waals surface area contributed by atoms with Crippen LogP contribution in [0.3, 0.4) is 0 Å². The lowest BCUT2D eigenvalue weighted by Gasteiger charge is -2.11. The summed E-state index contributed by atoms with van der Waals surface area (Å²) in [4.78, 5) is 0. The number of nitrogens with two attached hydrogens (primary N) is 1. The van der Waals surface area contributed by atoms with Crippen molar-refractivity contribution in [3.05, 3.63) is 29.6 Å². The normalized spacial score (nSPS) is 14.1. The molecule has 0 aliphatic carbocycles. The van der Waals surface area contributed by atoms with Crippen molar-refractivity contribution < 1.29 is 9.13 Å². The molecule has 0 radical (unpaired) electrons. The van der Waals surface area contributed by atoms with Crippen molar-refractivity contribution in [2.24, 2.45) is 5.73 Å². The van der Waals surface area contributed by atoms with Gasteiger partial charge >= 0.3 is 0 Å². The van der Waals surface area contributed by atoms with Gasteiger partial charge in [-0.2, -0.15) is 5.26 Å². The molecule has 0 saturated heterocycles. The van der Waals surface area contributed by atoms with Gasteiger partial charge < -0.3 is 10.5 Å². The minimum atomic E-state index is -0.666. The molecule has 2 atom stereocenters. The van der Waals surface area contributed by atoms with E-state index in [-0.39, 0.29) is 11.8 Å². The maximum atomic E-state index is 13.4. The fourth-order valence-electron chi connectivity index (χ4n) is 1.11. The highest BCUT2D eigenvalue weighted by Gasteiger charge is 2.09. The second-order valence-electron chi connectivity index (χ2n) is 3.37. The Morgan fingerprint density at radius 3 is 2.60 bits per heavy atom. The van der Waals surface area contributed by atoms with Gasteiger partial charge in [0.1, 0.15) is 6.07 Å². The van der Waals surface area contributed by atoms with Crippen LogP contribution in [-0.2, 0) is 0 Å². The van der Waals surface area contributed by atoms with Crippen LogP contribution in [0.1, 0.15) is 25.5 Å². The highest BCUT2D eigenvalue weighted by molar-refractivity contribution is 5.31. The zero-order chi connectivity index (χ0) is 11.4. The Bertz CT molecular complexity index is 385. The topological polar surface area (TPSA) is 59.0 Å². The predicted octanol–water partition coefficient (Wildman–Crippen LogP) is 2.14. The van der Waals surface area contributed by atoms with Gasteiger partial charge in [-0.3, -0.25) is 0 Å². The molecule has 3 nitrogen and oxygen atoms in total. The molecule has 4 heteroatoms. The van der Waals surface area contributed by atoms with Gasteiger partial charge in [-0.1, -0.05) is 6.07 Å². The van der Waals surface area contributed by atoms with Gasteiger partial charge in [-0.05, 0) is 31.5 Å². The monoisotopic (exact) mass is 208 g/mol. The van der Waals surface area contributed by atoms with Gasteiger partial charge in [0.2, 0.25) is 0 Å². The minimum Gasteiger partial charge on any atom is -0.473 e. The van der Waals surface area contributed by atoms with Gasteiger partial charge in [-0.25, -0.2) is 4.39 Å². The van der Waals surface area contributed by atoms with Crippen molar-refractivity contribution in [1.29, 1.82) is 5.26 Å². The lowest BCUT2D eigenvalue weighted by Crippen LogP contribution is -2.10. The Balaban J connectivity index is 2.89. The van der Waals surface area contributed by atoms with Gasteiger partial charge in [0.05, 0.1) is 0 Å². The lowest BCUT2D eigenvalue weighted by atomic mass is 10.1. The van der Waals surface area contributed by atoms with Crippen LogP contribution in [0.2, 0.25) is 0 Å². The second kappa shape index (κ2) is 4.76. The Kier molecular flexibility index (Phi) is 3.64. The predicted molar refractivity (Wildman–Crippen MR) is 54.7 cm³/mol. The molecule has 0 aromatic heterocycles. The van der Waals surface area contributed by atoms with E-state index in [2.05, 4.69) is 0 Å². The SMILES string of the molecule is CC(C#N)Oc1ccc(C(C)N)cc1F. The van der Waals surface area contributed by atoms with E-state index >= 15 is 0 Å². The summed E-state index contributed by atoms with van der Waals surface area (Å²) in [6.07, 6.45) is -0.666. The molecule has 1 aromatic rings. The smallest absolute Gasteiger partial charge is 0.181 e. The van der Waals surface area contributed by atoms with Gasteiger partial charge in [-0.15, -0.1) is 0 Å². The number of hydrogen-bond acceptors (Lipinski definition) is 3. The molecule has 2 N–H and O–H groups in total. The van der Waals surface area contributed by atoms with Crippen LogP contribution in [0.15, 0.2) is 18.2 Å². The number of hydrogen-bond donors (Lipinski definition) is 1. The van der Waals surface area contributed by atoms with Crippen LogP contribution >= 0.6 is 0 Å². The number of nitrogens with zero attached hydrogens (tertiary/aromatic N) is 1. The van der Waals surface area contributed by atoms with E-state index < -0.39 is 11.9 Å².